The van der Waals surface area contributed by atoms with E-state index in [9.17, 15) is 9.90 Å². The highest BCUT2D eigenvalue weighted by Gasteiger charge is 2.42. The average Bonchev–Trinajstić information content (AvgIpc) is 3.07. The van der Waals surface area contributed by atoms with Gasteiger partial charge in [-0.15, -0.1) is 0 Å². The highest BCUT2D eigenvalue weighted by molar-refractivity contribution is 14.1. The molecule has 2 fully saturated rings. The van der Waals surface area contributed by atoms with Crippen LogP contribution in [0.2, 0.25) is 0 Å². The van der Waals surface area contributed by atoms with E-state index in [-0.39, 0.29) is 23.2 Å². The Labute approximate surface area is 207 Å². The first-order valence-corrected chi connectivity index (χ1v) is 13.1. The van der Waals surface area contributed by atoms with E-state index in [0.29, 0.717) is 26.7 Å². The lowest BCUT2D eigenvalue weighted by Gasteiger charge is -2.39. The van der Waals surface area contributed by atoms with Crippen LogP contribution in [0.5, 0.6) is 11.5 Å². The van der Waals surface area contributed by atoms with Gasteiger partial charge in [0.05, 0.1) is 15.1 Å². The van der Waals surface area contributed by atoms with Crippen LogP contribution in [0.15, 0.2) is 47.4 Å². The van der Waals surface area contributed by atoms with E-state index in [1.807, 2.05) is 49.4 Å². The molecule has 1 aliphatic heterocycles. The molecule has 0 spiro atoms. The minimum atomic E-state index is -0.149. The molecule has 5 nitrogen and oxygen atoms in total. The van der Waals surface area contributed by atoms with Crippen LogP contribution in [0.1, 0.15) is 45.1 Å². The molecule has 32 heavy (non-hydrogen) atoms. The van der Waals surface area contributed by atoms with Gasteiger partial charge in [-0.05, 0) is 84.2 Å². The molecular weight excluding hydrogens is 535 g/mol. The molecule has 0 bridgehead atoms. The van der Waals surface area contributed by atoms with Crippen LogP contribution in [0.4, 0.5) is 5.69 Å². The summed E-state index contributed by atoms with van der Waals surface area (Å²) in [6.45, 7) is 4.62. The summed E-state index contributed by atoms with van der Waals surface area (Å²) in [5, 5.41) is 13.8. The molecular formula is C25H29IN2O3S. The number of para-hydroxylation sites is 1. The van der Waals surface area contributed by atoms with Gasteiger partial charge in [-0.3, -0.25) is 4.79 Å². The smallest absolute Gasteiger partial charge is 0.262 e. The number of hydrogen-bond donors (Lipinski definition) is 2. The van der Waals surface area contributed by atoms with Gasteiger partial charge in [0.2, 0.25) is 0 Å². The number of hydrogen-bond acceptors (Lipinski definition) is 5. The summed E-state index contributed by atoms with van der Waals surface area (Å²) in [4.78, 5) is 16.4. The molecule has 170 valence electrons. The highest BCUT2D eigenvalue weighted by atomic mass is 127. The van der Waals surface area contributed by atoms with Crippen LogP contribution in [0, 0.1) is 9.49 Å². The molecule has 0 radical (unpaired) electrons. The minimum Gasteiger partial charge on any atom is -0.504 e. The number of thioether (sulfide) groups is 1. The van der Waals surface area contributed by atoms with Gasteiger partial charge in [0.25, 0.3) is 5.91 Å². The predicted octanol–water partition coefficient (Wildman–Crippen LogP) is 6.29. The van der Waals surface area contributed by atoms with Gasteiger partial charge < -0.3 is 20.1 Å². The molecule has 2 aliphatic rings. The molecule has 3 atom stereocenters. The number of nitrogens with zero attached hydrogens (tertiary/aromatic N) is 1. The van der Waals surface area contributed by atoms with Crippen molar-refractivity contribution in [2.24, 2.45) is 5.92 Å². The maximum absolute atomic E-state index is 13.6. The first-order valence-electron chi connectivity index (χ1n) is 11.2. The molecule has 2 aromatic rings. The fourth-order valence-corrected chi connectivity index (χ4v) is 6.30. The van der Waals surface area contributed by atoms with Crippen molar-refractivity contribution in [1.82, 2.24) is 4.90 Å². The van der Waals surface area contributed by atoms with Crippen molar-refractivity contribution in [2.75, 3.05) is 11.9 Å². The maximum atomic E-state index is 13.6. The summed E-state index contributed by atoms with van der Waals surface area (Å²) < 4.78 is 6.28. The Morgan fingerprint density at radius 1 is 1.25 bits per heavy atom. The average molecular weight is 564 g/mol. The molecule has 4 rings (SSSR count). The number of aromatic hydroxyl groups is 1. The number of phenols is 1. The van der Waals surface area contributed by atoms with Crippen LogP contribution in [0.3, 0.4) is 0 Å². The Morgan fingerprint density at radius 3 is 2.72 bits per heavy atom. The summed E-state index contributed by atoms with van der Waals surface area (Å²) in [7, 11) is 0. The standard InChI is InChI=1S/C25H29IN2O3S/c1-3-31-21-14-17(13-19(26)23(21)29)15-22-24(30)28(20-12-8-7-9-16(20)2)25(32-22)27-18-10-5-4-6-11-18/h4-6,10-11,13-16,20,25,27,29H,3,7-9,12H2,1-2H3/b22-15-/t16-,20-,25?/m1/s1. The Bertz CT molecular complexity index is 998. The second-order valence-electron chi connectivity index (χ2n) is 8.31. The van der Waals surface area contributed by atoms with Crippen molar-refractivity contribution in [1.29, 1.82) is 0 Å². The van der Waals surface area contributed by atoms with Crippen LogP contribution < -0.4 is 10.1 Å². The molecule has 1 unspecified atom stereocenters. The largest absolute Gasteiger partial charge is 0.504 e. The summed E-state index contributed by atoms with van der Waals surface area (Å²) in [6.07, 6.45) is 6.51. The first kappa shape index (κ1) is 23.3. The van der Waals surface area contributed by atoms with Crippen LogP contribution in [-0.4, -0.2) is 34.1 Å². The molecule has 1 aliphatic carbocycles. The lowest BCUT2D eigenvalue weighted by molar-refractivity contribution is -0.129. The second kappa shape index (κ2) is 10.4. The fraction of sp³-hybridized carbons (Fsp3) is 0.400. The van der Waals surface area contributed by atoms with Gasteiger partial charge in [0, 0.05) is 11.7 Å². The highest BCUT2D eigenvalue weighted by Crippen LogP contribution is 2.43. The molecule has 1 saturated carbocycles. The van der Waals surface area contributed by atoms with Crippen LogP contribution in [-0.2, 0) is 4.79 Å². The quantitative estimate of drug-likeness (QED) is 0.319. The van der Waals surface area contributed by atoms with Gasteiger partial charge in [-0.25, -0.2) is 0 Å². The zero-order valence-electron chi connectivity index (χ0n) is 18.4. The van der Waals surface area contributed by atoms with Gasteiger partial charge in [0.1, 0.15) is 0 Å². The number of carbonyl (C=O) groups excluding carboxylic acids is 1. The number of carbonyl (C=O) groups is 1. The minimum absolute atomic E-state index is 0.0724. The SMILES string of the molecule is CCOc1cc(/C=C2\SC(Nc3ccccc3)N([C@@H]3CCCC[C@H]3C)C2=O)cc(I)c1O. The van der Waals surface area contributed by atoms with E-state index in [4.69, 9.17) is 4.74 Å². The van der Waals surface area contributed by atoms with E-state index >= 15 is 0 Å². The lowest BCUT2D eigenvalue weighted by Crippen LogP contribution is -2.48. The Balaban J connectivity index is 1.67. The number of benzene rings is 2. The Morgan fingerprint density at radius 2 is 2.00 bits per heavy atom. The van der Waals surface area contributed by atoms with Gasteiger partial charge in [-0.1, -0.05) is 49.7 Å². The van der Waals surface area contributed by atoms with Crippen LogP contribution >= 0.6 is 34.4 Å². The van der Waals surface area contributed by atoms with E-state index in [0.717, 1.165) is 30.5 Å². The van der Waals surface area contributed by atoms with E-state index < -0.39 is 0 Å². The zero-order valence-corrected chi connectivity index (χ0v) is 21.4. The third-order valence-corrected chi connectivity index (χ3v) is 8.01. The maximum Gasteiger partial charge on any atom is 0.262 e. The van der Waals surface area contributed by atoms with Gasteiger partial charge in [0.15, 0.2) is 17.0 Å². The van der Waals surface area contributed by atoms with Crippen molar-refractivity contribution in [3.05, 3.63) is 56.5 Å². The number of amides is 1. The fourth-order valence-electron chi connectivity index (χ4n) is 4.46. The number of nitrogens with one attached hydrogen (secondary N) is 1. The van der Waals surface area contributed by atoms with Gasteiger partial charge >= 0.3 is 0 Å². The summed E-state index contributed by atoms with van der Waals surface area (Å²) in [6, 6.07) is 14.0. The van der Waals surface area contributed by atoms with Crippen molar-refractivity contribution >= 4 is 52.0 Å². The van der Waals surface area contributed by atoms with Crippen molar-refractivity contribution in [2.45, 2.75) is 51.1 Å². The zero-order chi connectivity index (χ0) is 22.7. The number of halogens is 1. The third kappa shape index (κ3) is 5.03. The van der Waals surface area contributed by atoms with Crippen molar-refractivity contribution < 1.29 is 14.6 Å². The molecule has 2 aromatic carbocycles. The molecule has 7 heteroatoms. The summed E-state index contributed by atoms with van der Waals surface area (Å²) in [5.74, 6) is 1.13. The Kier molecular flexibility index (Phi) is 7.55. The number of phenolic OH excluding ortho intramolecular Hbond substituents is 1. The van der Waals surface area contributed by atoms with Crippen molar-refractivity contribution in [3.8, 4) is 11.5 Å². The summed E-state index contributed by atoms with van der Waals surface area (Å²) >= 11 is 3.66. The number of rotatable bonds is 6. The van der Waals surface area contributed by atoms with Gasteiger partial charge in [-0.2, -0.15) is 0 Å². The number of ether oxygens (including phenoxy) is 1. The monoisotopic (exact) mass is 564 g/mol. The third-order valence-electron chi connectivity index (χ3n) is 6.07. The normalized spacial score (nSPS) is 24.7. The van der Waals surface area contributed by atoms with Crippen LogP contribution in [0.25, 0.3) is 6.08 Å². The van der Waals surface area contributed by atoms with E-state index in [2.05, 4.69) is 39.7 Å². The predicted molar refractivity (Wildman–Crippen MR) is 140 cm³/mol. The van der Waals surface area contributed by atoms with E-state index in [1.54, 1.807) is 17.8 Å². The summed E-state index contributed by atoms with van der Waals surface area (Å²) in [5.41, 5.74) is 1.71. The molecule has 2 N–H and O–H groups in total. The second-order valence-corrected chi connectivity index (χ2v) is 10.6. The van der Waals surface area contributed by atoms with Crippen molar-refractivity contribution in [3.63, 3.8) is 0 Å². The number of anilines is 1. The molecule has 0 aromatic heterocycles. The first-order chi connectivity index (χ1) is 15.5. The topological polar surface area (TPSA) is 61.8 Å². The molecule has 1 heterocycles. The lowest BCUT2D eigenvalue weighted by atomic mass is 9.85. The molecule has 1 saturated heterocycles. The Hall–Kier alpha value is -1.87. The molecule has 1 amide bonds. The van der Waals surface area contributed by atoms with E-state index in [1.165, 1.54) is 6.42 Å².